The molecular formula is C17H17N3O2S. The van der Waals surface area contributed by atoms with Crippen LogP contribution in [0.5, 0.6) is 0 Å². The fraction of sp³-hybridized carbons (Fsp3) is 0.235. The first-order valence-corrected chi connectivity index (χ1v) is 7.99. The number of methoxy groups -OCH3 is 1. The third-order valence-electron chi connectivity index (χ3n) is 3.87. The summed E-state index contributed by atoms with van der Waals surface area (Å²) in [5.74, 6) is 0.352. The molecule has 0 unspecified atom stereocenters. The van der Waals surface area contributed by atoms with Crippen molar-refractivity contribution in [1.82, 2.24) is 9.97 Å². The monoisotopic (exact) mass is 327 g/mol. The number of thiophene rings is 1. The molecule has 2 aromatic heterocycles. The van der Waals surface area contributed by atoms with Crippen LogP contribution in [0.4, 0.5) is 11.5 Å². The number of fused-ring (bicyclic) bond motifs is 1. The van der Waals surface area contributed by atoms with Crippen LogP contribution in [0, 0.1) is 20.8 Å². The van der Waals surface area contributed by atoms with E-state index in [0.717, 1.165) is 21.5 Å². The van der Waals surface area contributed by atoms with Gasteiger partial charge in [-0.05, 0) is 49.6 Å². The van der Waals surface area contributed by atoms with Crippen LogP contribution < -0.4 is 5.32 Å². The number of aromatic nitrogens is 2. The van der Waals surface area contributed by atoms with Crippen LogP contribution in [-0.2, 0) is 4.74 Å². The summed E-state index contributed by atoms with van der Waals surface area (Å²) in [5.41, 5.74) is 4.24. The summed E-state index contributed by atoms with van der Waals surface area (Å²) < 4.78 is 4.84. The van der Waals surface area contributed by atoms with Gasteiger partial charge in [-0.2, -0.15) is 0 Å². The van der Waals surface area contributed by atoms with Gasteiger partial charge in [0.15, 0.2) is 0 Å². The van der Waals surface area contributed by atoms with Crippen LogP contribution in [0.25, 0.3) is 10.2 Å². The first kappa shape index (κ1) is 15.4. The van der Waals surface area contributed by atoms with Crippen molar-refractivity contribution in [2.75, 3.05) is 12.4 Å². The molecule has 0 spiro atoms. The predicted octanol–water partition coefficient (Wildman–Crippen LogP) is 4.15. The lowest BCUT2D eigenvalue weighted by atomic mass is 10.1. The number of nitrogens with zero attached hydrogens (tertiary/aromatic N) is 2. The summed E-state index contributed by atoms with van der Waals surface area (Å²) in [6, 6.07) is 6.15. The zero-order valence-electron chi connectivity index (χ0n) is 13.4. The van der Waals surface area contributed by atoms with E-state index >= 15 is 0 Å². The van der Waals surface area contributed by atoms with Crippen LogP contribution in [0.15, 0.2) is 24.5 Å². The Morgan fingerprint density at radius 2 is 1.96 bits per heavy atom. The number of carbonyl (C=O) groups is 1. The molecule has 0 saturated heterocycles. The summed E-state index contributed by atoms with van der Waals surface area (Å²) in [6.45, 7) is 6.04. The van der Waals surface area contributed by atoms with E-state index in [0.29, 0.717) is 10.7 Å². The number of benzene rings is 1. The highest BCUT2D eigenvalue weighted by atomic mass is 32.1. The number of nitrogens with one attached hydrogen (secondary N) is 1. The molecule has 1 aromatic carbocycles. The van der Waals surface area contributed by atoms with E-state index in [1.165, 1.54) is 35.9 Å². The number of aryl methyl sites for hydroxylation is 3. The first-order valence-electron chi connectivity index (χ1n) is 7.18. The molecule has 0 aliphatic rings. The molecular weight excluding hydrogens is 310 g/mol. The number of anilines is 2. The van der Waals surface area contributed by atoms with E-state index in [4.69, 9.17) is 4.74 Å². The quantitative estimate of drug-likeness (QED) is 0.732. The van der Waals surface area contributed by atoms with Crippen LogP contribution in [-0.4, -0.2) is 23.0 Å². The maximum absolute atomic E-state index is 11.9. The second-order valence-electron chi connectivity index (χ2n) is 5.37. The summed E-state index contributed by atoms with van der Waals surface area (Å²) in [6.07, 6.45) is 1.50. The Labute approximate surface area is 138 Å². The highest BCUT2D eigenvalue weighted by Crippen LogP contribution is 2.34. The van der Waals surface area contributed by atoms with Gasteiger partial charge < -0.3 is 10.1 Å². The number of esters is 1. The molecule has 0 aliphatic carbocycles. The Morgan fingerprint density at radius 1 is 1.17 bits per heavy atom. The largest absolute Gasteiger partial charge is 0.465 e. The summed E-state index contributed by atoms with van der Waals surface area (Å²) >= 11 is 1.32. The minimum Gasteiger partial charge on any atom is -0.465 e. The predicted molar refractivity (Wildman–Crippen MR) is 92.7 cm³/mol. The third-order valence-corrected chi connectivity index (χ3v) is 5.05. The van der Waals surface area contributed by atoms with Gasteiger partial charge in [-0.25, -0.2) is 14.8 Å². The second kappa shape index (κ2) is 5.96. The number of ether oxygens (including phenoxy) is 1. The Hall–Kier alpha value is -2.47. The van der Waals surface area contributed by atoms with Crippen molar-refractivity contribution >= 4 is 39.0 Å². The van der Waals surface area contributed by atoms with Crippen molar-refractivity contribution in [2.45, 2.75) is 20.8 Å². The summed E-state index contributed by atoms with van der Waals surface area (Å²) in [5, 5.41) is 4.19. The topological polar surface area (TPSA) is 64.1 Å². The SMILES string of the molecule is COC(=O)c1sc2ncnc(Nc3ccc(C)c(C)c3)c2c1C. The molecule has 0 amide bonds. The van der Waals surface area contributed by atoms with Gasteiger partial charge in [0.1, 0.15) is 21.9 Å². The van der Waals surface area contributed by atoms with E-state index in [2.05, 4.69) is 41.3 Å². The molecule has 0 fully saturated rings. The van der Waals surface area contributed by atoms with Gasteiger partial charge in [0.2, 0.25) is 0 Å². The lowest BCUT2D eigenvalue weighted by Gasteiger charge is -2.09. The van der Waals surface area contributed by atoms with Crippen LogP contribution >= 0.6 is 11.3 Å². The average Bonchev–Trinajstić information content (AvgIpc) is 2.88. The van der Waals surface area contributed by atoms with Crippen molar-refractivity contribution in [3.63, 3.8) is 0 Å². The fourth-order valence-corrected chi connectivity index (χ4v) is 3.48. The fourth-order valence-electron chi connectivity index (χ4n) is 2.41. The van der Waals surface area contributed by atoms with Crippen LogP contribution in [0.2, 0.25) is 0 Å². The number of carbonyl (C=O) groups excluding carboxylic acids is 1. The molecule has 118 valence electrons. The summed E-state index contributed by atoms with van der Waals surface area (Å²) in [7, 11) is 1.38. The highest BCUT2D eigenvalue weighted by molar-refractivity contribution is 7.20. The van der Waals surface area contributed by atoms with Gasteiger partial charge in [0, 0.05) is 5.69 Å². The molecule has 6 heteroatoms. The van der Waals surface area contributed by atoms with Gasteiger partial charge in [0.05, 0.1) is 12.5 Å². The number of hydrogen-bond acceptors (Lipinski definition) is 6. The van der Waals surface area contributed by atoms with Crippen molar-refractivity contribution in [2.24, 2.45) is 0 Å². The van der Waals surface area contributed by atoms with E-state index in [9.17, 15) is 4.79 Å². The van der Waals surface area contributed by atoms with E-state index < -0.39 is 0 Å². The van der Waals surface area contributed by atoms with Gasteiger partial charge >= 0.3 is 5.97 Å². The van der Waals surface area contributed by atoms with Crippen LogP contribution in [0.3, 0.4) is 0 Å². The first-order chi connectivity index (χ1) is 11.0. The molecule has 0 atom stereocenters. The molecule has 2 heterocycles. The maximum atomic E-state index is 11.9. The van der Waals surface area contributed by atoms with Crippen molar-refractivity contribution in [1.29, 1.82) is 0 Å². The number of hydrogen-bond donors (Lipinski definition) is 1. The van der Waals surface area contributed by atoms with Gasteiger partial charge in [0.25, 0.3) is 0 Å². The zero-order chi connectivity index (χ0) is 16.6. The molecule has 5 nitrogen and oxygen atoms in total. The molecule has 0 aliphatic heterocycles. The van der Waals surface area contributed by atoms with Crippen molar-refractivity contribution in [3.8, 4) is 0 Å². The lowest BCUT2D eigenvalue weighted by Crippen LogP contribution is -2.00. The highest BCUT2D eigenvalue weighted by Gasteiger charge is 2.19. The average molecular weight is 327 g/mol. The molecule has 0 radical (unpaired) electrons. The minimum atomic E-state index is -0.345. The Balaban J connectivity index is 2.08. The van der Waals surface area contributed by atoms with Crippen LogP contribution in [0.1, 0.15) is 26.4 Å². The molecule has 3 rings (SSSR count). The Morgan fingerprint density at radius 3 is 2.65 bits per heavy atom. The molecule has 3 aromatic rings. The standard InChI is InChI=1S/C17H17N3O2S/c1-9-5-6-12(7-10(9)2)20-15-13-11(3)14(17(21)22-4)23-16(13)19-8-18-15/h5-8H,1-4H3,(H,18,19,20). The van der Waals surface area contributed by atoms with Gasteiger partial charge in [-0.15, -0.1) is 11.3 Å². The molecule has 23 heavy (non-hydrogen) atoms. The van der Waals surface area contributed by atoms with E-state index in [1.54, 1.807) is 0 Å². The molecule has 0 saturated carbocycles. The Kier molecular flexibility index (Phi) is 4.00. The lowest BCUT2D eigenvalue weighted by molar-refractivity contribution is 0.0605. The minimum absolute atomic E-state index is 0.345. The van der Waals surface area contributed by atoms with Gasteiger partial charge in [-0.3, -0.25) is 0 Å². The smallest absolute Gasteiger partial charge is 0.348 e. The maximum Gasteiger partial charge on any atom is 0.348 e. The summed E-state index contributed by atoms with van der Waals surface area (Å²) in [4.78, 5) is 21.8. The third kappa shape index (κ3) is 2.77. The Bertz CT molecular complexity index is 902. The number of rotatable bonds is 3. The normalized spacial score (nSPS) is 10.8. The second-order valence-corrected chi connectivity index (χ2v) is 6.37. The van der Waals surface area contributed by atoms with E-state index in [1.807, 2.05) is 13.0 Å². The van der Waals surface area contributed by atoms with E-state index in [-0.39, 0.29) is 5.97 Å². The van der Waals surface area contributed by atoms with Crippen molar-refractivity contribution < 1.29 is 9.53 Å². The van der Waals surface area contributed by atoms with Gasteiger partial charge in [-0.1, -0.05) is 6.07 Å². The van der Waals surface area contributed by atoms with Crippen molar-refractivity contribution in [3.05, 3.63) is 46.1 Å². The molecule has 1 N–H and O–H groups in total. The molecule has 0 bridgehead atoms. The zero-order valence-corrected chi connectivity index (χ0v) is 14.2.